The van der Waals surface area contributed by atoms with Crippen LogP contribution in [0.15, 0.2) is 87.5 Å². The molecule has 3 aromatic carbocycles. The van der Waals surface area contributed by atoms with Crippen LogP contribution in [0.4, 0.5) is 10.2 Å². The summed E-state index contributed by atoms with van der Waals surface area (Å²) in [7, 11) is -8.59. The van der Waals surface area contributed by atoms with Crippen molar-refractivity contribution >= 4 is 47.9 Å². The Morgan fingerprint density at radius 3 is 2.02 bits per heavy atom. The summed E-state index contributed by atoms with van der Waals surface area (Å²) in [6.45, 7) is 4.31. The third kappa shape index (κ3) is 6.03. The smallest absolute Gasteiger partial charge is 0.263 e. The second-order valence-electron chi connectivity index (χ2n) is 10.4. The van der Waals surface area contributed by atoms with Gasteiger partial charge < -0.3 is 4.57 Å². The number of nitrogens with one attached hydrogen (secondary N) is 1. The number of fused-ring (bicyclic) bond motifs is 2. The van der Waals surface area contributed by atoms with Crippen molar-refractivity contribution in [3.8, 4) is 0 Å². The van der Waals surface area contributed by atoms with E-state index in [0.29, 0.717) is 24.0 Å². The normalized spacial score (nSPS) is 12.3. The van der Waals surface area contributed by atoms with Crippen molar-refractivity contribution in [1.82, 2.24) is 14.5 Å². The molecule has 0 radical (unpaired) electrons. The predicted octanol–water partition coefficient (Wildman–Crippen LogP) is 7.03. The standard InChI is InChI=1S/C31H33FN4O4S2/c1-3-4-5-6-7-10-21-36-30-28(33-26-11-8-9-12-27(26)34-30)29(41(37,38)24-17-13-22(2)14-18-24)31(36)35-42(39,40)25-19-15-23(32)16-20-25/h8-9,11-20,35H,3-7,10,21H2,1-2H3. The molecule has 0 aliphatic heterocycles. The van der Waals surface area contributed by atoms with E-state index in [9.17, 15) is 21.2 Å². The number of benzene rings is 3. The Hall–Kier alpha value is -3.83. The molecule has 0 fully saturated rings. The second-order valence-corrected chi connectivity index (χ2v) is 13.9. The highest BCUT2D eigenvalue weighted by molar-refractivity contribution is 7.93. The van der Waals surface area contributed by atoms with Crippen molar-refractivity contribution in [3.63, 3.8) is 0 Å². The van der Waals surface area contributed by atoms with Crippen LogP contribution in [0.1, 0.15) is 51.0 Å². The number of anilines is 1. The lowest BCUT2D eigenvalue weighted by Crippen LogP contribution is -2.18. The molecule has 0 unspecified atom stereocenters. The summed E-state index contributed by atoms with van der Waals surface area (Å²) in [5.74, 6) is -0.729. The molecule has 220 valence electrons. The van der Waals surface area contributed by atoms with Gasteiger partial charge in [-0.3, -0.25) is 4.72 Å². The lowest BCUT2D eigenvalue weighted by atomic mass is 10.1. The Labute approximate surface area is 245 Å². The van der Waals surface area contributed by atoms with E-state index in [1.54, 1.807) is 34.9 Å². The number of aromatic nitrogens is 3. The third-order valence-corrected chi connectivity index (χ3v) is 10.4. The van der Waals surface area contributed by atoms with E-state index >= 15 is 0 Å². The number of para-hydroxylation sites is 2. The molecule has 2 heterocycles. The first-order valence-corrected chi connectivity index (χ1v) is 17.0. The quantitative estimate of drug-likeness (QED) is 0.152. The van der Waals surface area contributed by atoms with Gasteiger partial charge in [-0.15, -0.1) is 0 Å². The number of unbranched alkanes of at least 4 members (excludes halogenated alkanes) is 5. The zero-order valence-electron chi connectivity index (χ0n) is 23.5. The van der Waals surface area contributed by atoms with Gasteiger partial charge in [0, 0.05) is 6.54 Å². The van der Waals surface area contributed by atoms with Gasteiger partial charge in [-0.25, -0.2) is 31.2 Å². The molecule has 8 nitrogen and oxygen atoms in total. The monoisotopic (exact) mass is 608 g/mol. The second kappa shape index (κ2) is 12.2. The largest absolute Gasteiger partial charge is 0.309 e. The van der Waals surface area contributed by atoms with Crippen molar-refractivity contribution in [3.05, 3.63) is 84.2 Å². The minimum atomic E-state index is -4.32. The maximum absolute atomic E-state index is 14.3. The summed E-state index contributed by atoms with van der Waals surface area (Å²) >= 11 is 0. The lowest BCUT2D eigenvalue weighted by Gasteiger charge is -2.15. The number of halogens is 1. The van der Waals surface area contributed by atoms with Gasteiger partial charge in [-0.05, 0) is 61.9 Å². The van der Waals surface area contributed by atoms with E-state index in [0.717, 1.165) is 61.9 Å². The number of hydrogen-bond donors (Lipinski definition) is 1. The molecule has 0 saturated carbocycles. The van der Waals surface area contributed by atoms with Crippen molar-refractivity contribution in [2.24, 2.45) is 0 Å². The molecule has 0 aliphatic rings. The average molecular weight is 609 g/mol. The minimum Gasteiger partial charge on any atom is -0.309 e. The SMILES string of the molecule is CCCCCCCCn1c(NS(=O)(=O)c2ccc(F)cc2)c(S(=O)(=O)c2ccc(C)cc2)c2nc3ccccc3nc21. The van der Waals surface area contributed by atoms with Crippen LogP contribution in [0.2, 0.25) is 0 Å². The molecule has 0 spiro atoms. The highest BCUT2D eigenvalue weighted by atomic mass is 32.2. The van der Waals surface area contributed by atoms with Crippen LogP contribution < -0.4 is 4.72 Å². The van der Waals surface area contributed by atoms with Crippen LogP contribution in [0.25, 0.3) is 22.2 Å². The van der Waals surface area contributed by atoms with E-state index in [1.165, 1.54) is 12.1 Å². The Morgan fingerprint density at radius 1 is 0.762 bits per heavy atom. The molecule has 2 aromatic heterocycles. The first kappa shape index (κ1) is 29.7. The van der Waals surface area contributed by atoms with Crippen LogP contribution in [-0.2, 0) is 26.4 Å². The molecule has 0 bridgehead atoms. The zero-order valence-corrected chi connectivity index (χ0v) is 25.2. The average Bonchev–Trinajstić information content (AvgIpc) is 3.25. The van der Waals surface area contributed by atoms with Gasteiger partial charge in [0.15, 0.2) is 5.65 Å². The maximum atomic E-state index is 14.3. The molecular formula is C31H33FN4O4S2. The molecule has 0 saturated heterocycles. The van der Waals surface area contributed by atoms with Gasteiger partial charge in [0.1, 0.15) is 22.0 Å². The third-order valence-electron chi connectivity index (χ3n) is 7.20. The summed E-state index contributed by atoms with van der Waals surface area (Å²) in [4.78, 5) is 9.01. The van der Waals surface area contributed by atoms with E-state index < -0.39 is 25.7 Å². The van der Waals surface area contributed by atoms with Gasteiger partial charge >= 0.3 is 0 Å². The predicted molar refractivity (Wildman–Crippen MR) is 162 cm³/mol. The van der Waals surface area contributed by atoms with E-state index in [-0.39, 0.29) is 31.7 Å². The van der Waals surface area contributed by atoms with Gasteiger partial charge in [-0.1, -0.05) is 68.9 Å². The Balaban J connectivity index is 1.74. The molecule has 11 heteroatoms. The Bertz CT molecular complexity index is 1940. The van der Waals surface area contributed by atoms with Gasteiger partial charge in [0.05, 0.1) is 20.8 Å². The number of nitrogens with zero attached hydrogens (tertiary/aromatic N) is 3. The van der Waals surface area contributed by atoms with Gasteiger partial charge in [0.25, 0.3) is 10.0 Å². The molecule has 0 aliphatic carbocycles. The number of aryl methyl sites for hydroxylation is 2. The fraction of sp³-hybridized carbons (Fsp3) is 0.290. The van der Waals surface area contributed by atoms with Crippen molar-refractivity contribution in [1.29, 1.82) is 0 Å². The molecule has 0 atom stereocenters. The fourth-order valence-corrected chi connectivity index (χ4v) is 7.61. The van der Waals surface area contributed by atoms with Gasteiger partial charge in [0.2, 0.25) is 9.84 Å². The lowest BCUT2D eigenvalue weighted by molar-refractivity contribution is 0.564. The first-order valence-electron chi connectivity index (χ1n) is 14.0. The summed E-state index contributed by atoms with van der Waals surface area (Å²) in [5.41, 5.74) is 2.26. The number of rotatable bonds is 12. The number of hydrogen-bond acceptors (Lipinski definition) is 6. The first-order chi connectivity index (χ1) is 20.1. The molecule has 1 N–H and O–H groups in total. The summed E-state index contributed by atoms with van der Waals surface area (Å²) in [6, 6.07) is 17.8. The summed E-state index contributed by atoms with van der Waals surface area (Å²) in [6.07, 6.45) is 5.89. The maximum Gasteiger partial charge on any atom is 0.263 e. The van der Waals surface area contributed by atoms with Crippen LogP contribution in [0.3, 0.4) is 0 Å². The minimum absolute atomic E-state index is 0.00362. The van der Waals surface area contributed by atoms with Crippen LogP contribution in [0.5, 0.6) is 0 Å². The molecular weight excluding hydrogens is 575 g/mol. The summed E-state index contributed by atoms with van der Waals surface area (Å²) < 4.78 is 73.5. The van der Waals surface area contributed by atoms with Crippen molar-refractivity contribution in [2.45, 2.75) is 73.6 Å². The summed E-state index contributed by atoms with van der Waals surface area (Å²) in [5, 5.41) is 0. The van der Waals surface area contributed by atoms with Crippen LogP contribution in [-0.4, -0.2) is 31.4 Å². The van der Waals surface area contributed by atoms with E-state index in [4.69, 9.17) is 9.97 Å². The topological polar surface area (TPSA) is 111 Å². The molecule has 5 rings (SSSR count). The molecule has 5 aromatic rings. The van der Waals surface area contributed by atoms with Gasteiger partial charge in [-0.2, -0.15) is 0 Å². The number of sulfonamides is 1. The Morgan fingerprint density at radius 2 is 1.36 bits per heavy atom. The number of sulfone groups is 1. The van der Waals surface area contributed by atoms with Crippen molar-refractivity contribution in [2.75, 3.05) is 4.72 Å². The van der Waals surface area contributed by atoms with E-state index in [1.807, 2.05) is 13.0 Å². The molecule has 42 heavy (non-hydrogen) atoms. The highest BCUT2D eigenvalue weighted by Crippen LogP contribution is 2.38. The molecule has 0 amide bonds. The zero-order chi connectivity index (χ0) is 29.9. The van der Waals surface area contributed by atoms with Crippen molar-refractivity contribution < 1.29 is 21.2 Å². The Kier molecular flexibility index (Phi) is 8.60. The highest BCUT2D eigenvalue weighted by Gasteiger charge is 2.33. The van der Waals surface area contributed by atoms with E-state index in [2.05, 4.69) is 11.6 Å². The fourth-order valence-electron chi connectivity index (χ4n) is 4.93. The van der Waals surface area contributed by atoms with Crippen LogP contribution in [0, 0.1) is 12.7 Å². The van der Waals surface area contributed by atoms with Crippen LogP contribution >= 0.6 is 0 Å².